The normalized spacial score (nSPS) is 22.9. The van der Waals surface area contributed by atoms with E-state index in [1.807, 2.05) is 6.07 Å². The number of thioether (sulfide) groups is 1. The van der Waals surface area contributed by atoms with Crippen LogP contribution < -0.4 is 9.77 Å². The third-order valence-electron chi connectivity index (χ3n) is 7.04. The molecule has 0 spiro atoms. The van der Waals surface area contributed by atoms with Gasteiger partial charge in [-0.25, -0.2) is 4.90 Å². The number of thiazole rings is 1. The fourth-order valence-electron chi connectivity index (χ4n) is 5.23. The second-order valence-electron chi connectivity index (χ2n) is 9.15. The molecule has 2 aromatic carbocycles. The Morgan fingerprint density at radius 1 is 0.974 bits per heavy atom. The van der Waals surface area contributed by atoms with Crippen LogP contribution in [0.25, 0.3) is 0 Å². The molecule has 0 aliphatic carbocycles. The number of carbonyl (C=O) groups is 3. The number of benzene rings is 2. The van der Waals surface area contributed by atoms with E-state index >= 15 is 0 Å². The SMILES string of the molecule is O=C(Cn1c2c(sc1=O)[C@@H](c1cccc(Cl)c1Cl)[C@@H]1C(=O)N(c3ccccc3)C(=O)[C@@H]1S2)N1CCOCC1. The van der Waals surface area contributed by atoms with Crippen LogP contribution >= 0.6 is 46.3 Å². The van der Waals surface area contributed by atoms with Crippen LogP contribution in [-0.2, 0) is 25.7 Å². The number of rotatable bonds is 4. The van der Waals surface area contributed by atoms with Gasteiger partial charge in [0.2, 0.25) is 17.7 Å². The van der Waals surface area contributed by atoms with E-state index in [-0.39, 0.29) is 34.2 Å². The molecule has 3 atom stereocenters. The second-order valence-corrected chi connectivity index (χ2v) is 12.1. The Kier molecular flexibility index (Phi) is 6.86. The van der Waals surface area contributed by atoms with Crippen LogP contribution in [0, 0.1) is 5.92 Å². The molecule has 2 fully saturated rings. The lowest BCUT2D eigenvalue weighted by atomic mass is 9.83. The van der Waals surface area contributed by atoms with E-state index in [0.717, 1.165) is 11.3 Å². The highest BCUT2D eigenvalue weighted by Crippen LogP contribution is 2.55. The zero-order chi connectivity index (χ0) is 26.6. The number of para-hydroxylation sites is 1. The lowest BCUT2D eigenvalue weighted by molar-refractivity contribution is -0.136. The fraction of sp³-hybridized carbons (Fsp3) is 0.308. The summed E-state index contributed by atoms with van der Waals surface area (Å²) in [5.74, 6) is -2.39. The zero-order valence-corrected chi connectivity index (χ0v) is 23.0. The molecule has 0 saturated carbocycles. The first-order valence-corrected chi connectivity index (χ1v) is 14.4. The molecule has 2 saturated heterocycles. The Morgan fingerprint density at radius 3 is 2.45 bits per heavy atom. The number of hydrogen-bond acceptors (Lipinski definition) is 7. The molecular weight excluding hydrogens is 569 g/mol. The molecule has 3 amide bonds. The van der Waals surface area contributed by atoms with Gasteiger partial charge in [0.15, 0.2) is 0 Å². The largest absolute Gasteiger partial charge is 0.378 e. The number of nitrogens with zero attached hydrogens (tertiary/aromatic N) is 3. The Hall–Kier alpha value is -2.63. The van der Waals surface area contributed by atoms with Crippen molar-refractivity contribution in [3.8, 4) is 0 Å². The smallest absolute Gasteiger partial charge is 0.308 e. The van der Waals surface area contributed by atoms with Crippen molar-refractivity contribution in [2.75, 3.05) is 31.2 Å². The summed E-state index contributed by atoms with van der Waals surface area (Å²) in [7, 11) is 0. The summed E-state index contributed by atoms with van der Waals surface area (Å²) in [5.41, 5.74) is 1.05. The minimum absolute atomic E-state index is 0.157. The first-order valence-electron chi connectivity index (χ1n) is 12.0. The molecule has 0 N–H and O–H groups in total. The van der Waals surface area contributed by atoms with E-state index in [0.29, 0.717) is 52.5 Å². The zero-order valence-electron chi connectivity index (χ0n) is 19.8. The summed E-state index contributed by atoms with van der Waals surface area (Å²) in [4.78, 5) is 57.1. The van der Waals surface area contributed by atoms with Crippen LogP contribution in [0.5, 0.6) is 0 Å². The molecule has 1 aromatic heterocycles. The molecule has 3 aliphatic heterocycles. The van der Waals surface area contributed by atoms with Crippen molar-refractivity contribution in [3.05, 3.63) is 78.7 Å². The van der Waals surface area contributed by atoms with Crippen LogP contribution in [-0.4, -0.2) is 58.7 Å². The van der Waals surface area contributed by atoms with Gasteiger partial charge in [-0.3, -0.25) is 23.7 Å². The van der Waals surface area contributed by atoms with Crippen LogP contribution in [0.2, 0.25) is 10.0 Å². The van der Waals surface area contributed by atoms with Gasteiger partial charge in [0.05, 0.1) is 39.9 Å². The molecule has 0 unspecified atom stereocenters. The molecule has 12 heteroatoms. The monoisotopic (exact) mass is 589 g/mol. The van der Waals surface area contributed by atoms with E-state index in [4.69, 9.17) is 27.9 Å². The predicted octanol–water partition coefficient (Wildman–Crippen LogP) is 3.87. The number of aromatic nitrogens is 1. The third kappa shape index (κ3) is 4.19. The molecule has 0 bridgehead atoms. The van der Waals surface area contributed by atoms with Crippen molar-refractivity contribution in [1.82, 2.24) is 9.47 Å². The Balaban J connectivity index is 1.47. The Morgan fingerprint density at radius 2 is 1.71 bits per heavy atom. The Bertz CT molecular complexity index is 1500. The minimum Gasteiger partial charge on any atom is -0.378 e. The number of amides is 3. The van der Waals surface area contributed by atoms with E-state index in [9.17, 15) is 19.2 Å². The molecule has 0 radical (unpaired) electrons. The highest BCUT2D eigenvalue weighted by Gasteiger charge is 2.57. The van der Waals surface area contributed by atoms with Gasteiger partial charge >= 0.3 is 4.87 Å². The Labute approximate surface area is 236 Å². The number of carbonyl (C=O) groups excluding carboxylic acids is 3. The van der Waals surface area contributed by atoms with Gasteiger partial charge in [0.25, 0.3) is 0 Å². The van der Waals surface area contributed by atoms with Crippen LogP contribution in [0.3, 0.4) is 0 Å². The third-order valence-corrected chi connectivity index (χ3v) is 10.5. The van der Waals surface area contributed by atoms with E-state index in [1.54, 1.807) is 47.4 Å². The first kappa shape index (κ1) is 25.6. The molecule has 38 heavy (non-hydrogen) atoms. The van der Waals surface area contributed by atoms with Gasteiger partial charge in [0.1, 0.15) is 11.8 Å². The van der Waals surface area contributed by atoms with E-state index in [1.165, 1.54) is 21.2 Å². The van der Waals surface area contributed by atoms with E-state index < -0.39 is 17.1 Å². The van der Waals surface area contributed by atoms with Crippen molar-refractivity contribution >= 4 is 69.7 Å². The van der Waals surface area contributed by atoms with Crippen LogP contribution in [0.1, 0.15) is 16.4 Å². The number of morpholine rings is 1. The summed E-state index contributed by atoms with van der Waals surface area (Å²) in [5, 5.41) is 0.298. The number of fused-ring (bicyclic) bond motifs is 2. The molecule has 3 aromatic rings. The highest BCUT2D eigenvalue weighted by molar-refractivity contribution is 8.00. The predicted molar refractivity (Wildman–Crippen MR) is 146 cm³/mol. The number of halogens is 2. The average molecular weight is 591 g/mol. The maximum atomic E-state index is 13.9. The number of imide groups is 1. The first-order chi connectivity index (χ1) is 18.4. The van der Waals surface area contributed by atoms with Gasteiger partial charge in [-0.2, -0.15) is 0 Å². The maximum absolute atomic E-state index is 13.9. The summed E-state index contributed by atoms with van der Waals surface area (Å²) < 4.78 is 6.76. The summed E-state index contributed by atoms with van der Waals surface area (Å²) in [6.07, 6.45) is 0. The van der Waals surface area contributed by atoms with Gasteiger partial charge in [-0.05, 0) is 23.8 Å². The molecule has 3 aliphatic rings. The molecule has 6 rings (SSSR count). The number of anilines is 1. The fourth-order valence-corrected chi connectivity index (χ4v) is 8.42. The van der Waals surface area contributed by atoms with Crippen LogP contribution in [0.4, 0.5) is 5.69 Å². The minimum atomic E-state index is -0.797. The molecule has 8 nitrogen and oxygen atoms in total. The summed E-state index contributed by atoms with van der Waals surface area (Å²) in [6.45, 7) is 1.65. The number of hydrogen-bond donors (Lipinski definition) is 0. The maximum Gasteiger partial charge on any atom is 0.308 e. The summed E-state index contributed by atoms with van der Waals surface area (Å²) >= 11 is 15.2. The standard InChI is InChI=1S/C26H21Cl2N3O5S2/c27-16-8-4-7-15(20(16)28)18-19-21(24(34)31(23(19)33)14-5-2-1-3-6-14)37-25-22(18)38-26(35)30(25)13-17(32)29-9-11-36-12-10-29/h1-8,18-19,21H,9-13H2/t18-,19-,21+/m0/s1. The van der Waals surface area contributed by atoms with Gasteiger partial charge in [0, 0.05) is 23.9 Å². The molecule has 196 valence electrons. The number of ether oxygens (including phenoxy) is 1. The van der Waals surface area contributed by atoms with Crippen LogP contribution in [0.15, 0.2) is 58.4 Å². The lowest BCUT2D eigenvalue weighted by Crippen LogP contribution is -2.43. The van der Waals surface area contributed by atoms with Gasteiger partial charge in [-0.1, -0.05) is 76.6 Å². The molecular formula is C26H21Cl2N3O5S2. The van der Waals surface area contributed by atoms with Gasteiger partial charge < -0.3 is 9.64 Å². The lowest BCUT2D eigenvalue weighted by Gasteiger charge is -2.31. The topological polar surface area (TPSA) is 88.9 Å². The van der Waals surface area contributed by atoms with E-state index in [2.05, 4.69) is 0 Å². The molecule has 4 heterocycles. The van der Waals surface area contributed by atoms with Crippen molar-refractivity contribution < 1.29 is 19.1 Å². The van der Waals surface area contributed by atoms with Crippen molar-refractivity contribution in [1.29, 1.82) is 0 Å². The quantitative estimate of drug-likeness (QED) is 0.429. The van der Waals surface area contributed by atoms with Crippen molar-refractivity contribution in [2.24, 2.45) is 5.92 Å². The van der Waals surface area contributed by atoms with Crippen molar-refractivity contribution in [2.45, 2.75) is 22.7 Å². The second kappa shape index (κ2) is 10.2. The summed E-state index contributed by atoms with van der Waals surface area (Å²) in [6, 6.07) is 13.9. The average Bonchev–Trinajstić information content (AvgIpc) is 3.37. The van der Waals surface area contributed by atoms with Gasteiger partial charge in [-0.15, -0.1) is 0 Å². The highest BCUT2D eigenvalue weighted by atomic mass is 35.5. The van der Waals surface area contributed by atoms with Crippen molar-refractivity contribution in [3.63, 3.8) is 0 Å².